The smallest absolute Gasteiger partial charge is 0.253 e. The summed E-state index contributed by atoms with van der Waals surface area (Å²) in [6.07, 6.45) is 2.03. The van der Waals surface area contributed by atoms with Crippen LogP contribution in [-0.2, 0) is 0 Å². The van der Waals surface area contributed by atoms with Gasteiger partial charge in [-0.1, -0.05) is 60.8 Å². The van der Waals surface area contributed by atoms with Crippen molar-refractivity contribution in [1.29, 1.82) is 0 Å². The molecule has 0 spiro atoms. The predicted molar refractivity (Wildman–Crippen MR) is 97.5 cm³/mol. The largest absolute Gasteiger partial charge is 0.341 e. The van der Waals surface area contributed by atoms with Crippen LogP contribution in [0.4, 0.5) is 0 Å². The first-order chi connectivity index (χ1) is 11.0. The van der Waals surface area contributed by atoms with Crippen molar-refractivity contribution in [3.05, 3.63) is 69.7 Å². The summed E-state index contributed by atoms with van der Waals surface area (Å²) in [5.41, 5.74) is 1.83. The molecule has 122 valence electrons. The zero-order valence-corrected chi connectivity index (χ0v) is 14.9. The van der Waals surface area contributed by atoms with Gasteiger partial charge in [-0.05, 0) is 36.2 Å². The lowest BCUT2D eigenvalue weighted by Gasteiger charge is -2.25. The van der Waals surface area contributed by atoms with Crippen molar-refractivity contribution in [3.8, 4) is 0 Å². The third-order valence-corrected chi connectivity index (χ3v) is 4.65. The number of benzene rings is 2. The maximum Gasteiger partial charge on any atom is 0.253 e. The molecule has 4 heteroatoms. The van der Waals surface area contributed by atoms with Crippen LogP contribution in [0.5, 0.6) is 0 Å². The summed E-state index contributed by atoms with van der Waals surface area (Å²) >= 11 is 12.1. The first-order valence-corrected chi connectivity index (χ1v) is 8.54. The molecule has 2 nitrogen and oxygen atoms in total. The van der Waals surface area contributed by atoms with Gasteiger partial charge in [-0.2, -0.15) is 0 Å². The highest BCUT2D eigenvalue weighted by molar-refractivity contribution is 6.42. The zero-order chi connectivity index (χ0) is 16.8. The molecule has 1 amide bonds. The van der Waals surface area contributed by atoms with E-state index in [4.69, 9.17) is 23.2 Å². The van der Waals surface area contributed by atoms with E-state index < -0.39 is 0 Å². The molecule has 23 heavy (non-hydrogen) atoms. The Labute approximate surface area is 148 Å². The lowest BCUT2D eigenvalue weighted by atomic mass is 9.94. The van der Waals surface area contributed by atoms with Gasteiger partial charge in [-0.25, -0.2) is 0 Å². The van der Waals surface area contributed by atoms with Crippen molar-refractivity contribution in [2.24, 2.45) is 0 Å². The molecule has 2 aromatic rings. The summed E-state index contributed by atoms with van der Waals surface area (Å²) in [6, 6.07) is 15.1. The number of hydrogen-bond acceptors (Lipinski definition) is 1. The molecule has 0 N–H and O–H groups in total. The van der Waals surface area contributed by atoms with E-state index in [1.807, 2.05) is 55.6 Å². The van der Waals surface area contributed by atoms with Crippen LogP contribution in [0.15, 0.2) is 48.5 Å². The molecule has 0 bridgehead atoms. The van der Waals surface area contributed by atoms with Gasteiger partial charge in [0.05, 0.1) is 10.0 Å². The Bertz CT molecular complexity index is 658. The van der Waals surface area contributed by atoms with Crippen LogP contribution in [0.1, 0.15) is 41.6 Å². The van der Waals surface area contributed by atoms with E-state index in [1.54, 1.807) is 4.90 Å². The number of hydrogen-bond donors (Lipinski definition) is 0. The minimum absolute atomic E-state index is 0.0340. The Hall–Kier alpha value is -1.51. The summed E-state index contributed by atoms with van der Waals surface area (Å²) in [5.74, 6) is 0.277. The standard InChI is InChI=1S/C19H21Cl2NO/c1-3-7-16(15-10-11-17(20)18(21)12-15)13-22(2)19(23)14-8-5-4-6-9-14/h4-6,8-12,16H,3,7,13H2,1-2H3/t16-/m1/s1. The number of rotatable bonds is 6. The normalized spacial score (nSPS) is 12.0. The Morgan fingerprint density at radius 3 is 2.39 bits per heavy atom. The second-order valence-electron chi connectivity index (χ2n) is 5.71. The fourth-order valence-corrected chi connectivity index (χ4v) is 3.00. The van der Waals surface area contributed by atoms with Gasteiger partial charge in [-0.15, -0.1) is 0 Å². The first kappa shape index (κ1) is 17.8. The van der Waals surface area contributed by atoms with Gasteiger partial charge >= 0.3 is 0 Å². The minimum atomic E-state index is 0.0340. The second kappa shape index (κ2) is 8.37. The SMILES string of the molecule is CCC[C@H](CN(C)C(=O)c1ccccc1)c1ccc(Cl)c(Cl)c1. The van der Waals surface area contributed by atoms with E-state index in [1.165, 1.54) is 0 Å². The number of amides is 1. The molecule has 0 aromatic heterocycles. The molecule has 0 fully saturated rings. The Morgan fingerprint density at radius 2 is 1.78 bits per heavy atom. The molecule has 0 radical (unpaired) electrons. The molecule has 0 saturated heterocycles. The number of carbonyl (C=O) groups is 1. The van der Waals surface area contributed by atoms with Gasteiger partial charge in [0.1, 0.15) is 0 Å². The number of halogens is 2. The van der Waals surface area contributed by atoms with E-state index in [-0.39, 0.29) is 11.8 Å². The van der Waals surface area contributed by atoms with Crippen LogP contribution in [0.25, 0.3) is 0 Å². The second-order valence-corrected chi connectivity index (χ2v) is 6.53. The highest BCUT2D eigenvalue weighted by Gasteiger charge is 2.18. The van der Waals surface area contributed by atoms with Crippen molar-refractivity contribution < 1.29 is 4.79 Å². The van der Waals surface area contributed by atoms with Crippen LogP contribution in [0, 0.1) is 0 Å². The van der Waals surface area contributed by atoms with Crippen molar-refractivity contribution >= 4 is 29.1 Å². The molecule has 2 aromatic carbocycles. The fourth-order valence-electron chi connectivity index (χ4n) is 2.69. The molecule has 0 aliphatic carbocycles. The Morgan fingerprint density at radius 1 is 1.09 bits per heavy atom. The third kappa shape index (κ3) is 4.73. The van der Waals surface area contributed by atoms with Crippen molar-refractivity contribution in [1.82, 2.24) is 4.90 Å². The van der Waals surface area contributed by atoms with E-state index in [0.29, 0.717) is 22.2 Å². The van der Waals surface area contributed by atoms with Gasteiger partial charge in [0.25, 0.3) is 5.91 Å². The highest BCUT2D eigenvalue weighted by atomic mass is 35.5. The van der Waals surface area contributed by atoms with Crippen LogP contribution in [0.2, 0.25) is 10.0 Å². The van der Waals surface area contributed by atoms with Crippen molar-refractivity contribution in [2.45, 2.75) is 25.7 Å². The predicted octanol–water partition coefficient (Wildman–Crippen LogP) is 5.65. The Kier molecular flexibility index (Phi) is 6.49. The maximum atomic E-state index is 12.5. The van der Waals surface area contributed by atoms with Crippen LogP contribution in [-0.4, -0.2) is 24.4 Å². The fraction of sp³-hybridized carbons (Fsp3) is 0.316. The van der Waals surface area contributed by atoms with E-state index in [0.717, 1.165) is 18.4 Å². The summed E-state index contributed by atoms with van der Waals surface area (Å²) in [4.78, 5) is 14.3. The van der Waals surface area contributed by atoms with Gasteiger partial charge in [-0.3, -0.25) is 4.79 Å². The number of likely N-dealkylation sites (N-methyl/N-ethyl adjacent to an activating group) is 1. The van der Waals surface area contributed by atoms with Crippen molar-refractivity contribution in [3.63, 3.8) is 0 Å². The summed E-state index contributed by atoms with van der Waals surface area (Å²) in [7, 11) is 1.84. The summed E-state index contributed by atoms with van der Waals surface area (Å²) < 4.78 is 0. The van der Waals surface area contributed by atoms with Crippen LogP contribution in [0.3, 0.4) is 0 Å². The first-order valence-electron chi connectivity index (χ1n) is 7.78. The topological polar surface area (TPSA) is 20.3 Å². The van der Waals surface area contributed by atoms with Gasteiger partial charge in [0.2, 0.25) is 0 Å². The molecule has 2 rings (SSSR count). The third-order valence-electron chi connectivity index (χ3n) is 3.91. The average Bonchev–Trinajstić information content (AvgIpc) is 2.57. The molecule has 1 atom stereocenters. The van der Waals surface area contributed by atoms with Gasteiger partial charge in [0.15, 0.2) is 0 Å². The molecule has 0 heterocycles. The zero-order valence-electron chi connectivity index (χ0n) is 13.4. The Balaban J connectivity index is 2.15. The highest BCUT2D eigenvalue weighted by Crippen LogP contribution is 2.29. The van der Waals surface area contributed by atoms with Crippen LogP contribution < -0.4 is 0 Å². The number of nitrogens with zero attached hydrogens (tertiary/aromatic N) is 1. The van der Waals surface area contributed by atoms with E-state index in [9.17, 15) is 4.79 Å². The molecule has 0 aliphatic rings. The van der Waals surface area contributed by atoms with Crippen molar-refractivity contribution in [2.75, 3.05) is 13.6 Å². The van der Waals surface area contributed by atoms with Crippen LogP contribution >= 0.6 is 23.2 Å². The van der Waals surface area contributed by atoms with Gasteiger partial charge in [0, 0.05) is 25.1 Å². The van der Waals surface area contributed by atoms with E-state index in [2.05, 4.69) is 6.92 Å². The lowest BCUT2D eigenvalue weighted by molar-refractivity contribution is 0.0784. The maximum absolute atomic E-state index is 12.5. The molecule has 0 saturated carbocycles. The summed E-state index contributed by atoms with van der Waals surface area (Å²) in [6.45, 7) is 2.79. The summed E-state index contributed by atoms with van der Waals surface area (Å²) in [5, 5.41) is 1.11. The quantitative estimate of drug-likeness (QED) is 0.659. The van der Waals surface area contributed by atoms with Gasteiger partial charge < -0.3 is 4.90 Å². The minimum Gasteiger partial charge on any atom is -0.341 e. The molecular formula is C19H21Cl2NO. The average molecular weight is 350 g/mol. The molecule has 0 unspecified atom stereocenters. The number of carbonyl (C=O) groups excluding carboxylic acids is 1. The molecular weight excluding hydrogens is 329 g/mol. The monoisotopic (exact) mass is 349 g/mol. The van der Waals surface area contributed by atoms with E-state index >= 15 is 0 Å². The molecule has 0 aliphatic heterocycles. The lowest BCUT2D eigenvalue weighted by Crippen LogP contribution is -2.31.